The summed E-state index contributed by atoms with van der Waals surface area (Å²) in [5, 5.41) is 5.27. The molecule has 0 saturated heterocycles. The normalized spacial score (nSPS) is 12.5. The Balaban J connectivity index is 2.08. The fourth-order valence-electron chi connectivity index (χ4n) is 2.70. The maximum absolute atomic E-state index is 6.19. The van der Waals surface area contributed by atoms with Gasteiger partial charge in [0.15, 0.2) is 0 Å². The zero-order valence-electron chi connectivity index (χ0n) is 12.1. The molecule has 2 nitrogen and oxygen atoms in total. The Bertz CT molecular complexity index is 763. The Labute approximate surface area is 129 Å². The van der Waals surface area contributed by atoms with Crippen LogP contribution in [0, 0.1) is 6.92 Å². The third-order valence-electron chi connectivity index (χ3n) is 3.63. The van der Waals surface area contributed by atoms with Crippen LogP contribution in [0.4, 0.5) is 0 Å². The number of pyridine rings is 1. The molecular formula is C18H17ClN2. The van der Waals surface area contributed by atoms with Gasteiger partial charge in [0, 0.05) is 16.6 Å². The lowest BCUT2D eigenvalue weighted by Crippen LogP contribution is -2.18. The summed E-state index contributed by atoms with van der Waals surface area (Å²) in [6, 6.07) is 16.5. The minimum Gasteiger partial charge on any atom is -0.309 e. The number of nitrogens with zero attached hydrogens (tertiary/aromatic N) is 1. The van der Waals surface area contributed by atoms with Gasteiger partial charge in [-0.15, -0.1) is 0 Å². The number of rotatable bonds is 3. The van der Waals surface area contributed by atoms with E-state index in [0.717, 1.165) is 32.6 Å². The lowest BCUT2D eigenvalue weighted by Gasteiger charge is -2.18. The van der Waals surface area contributed by atoms with E-state index >= 15 is 0 Å². The van der Waals surface area contributed by atoms with Gasteiger partial charge in [-0.3, -0.25) is 4.98 Å². The highest BCUT2D eigenvalue weighted by Crippen LogP contribution is 2.27. The van der Waals surface area contributed by atoms with Crippen LogP contribution in [0.25, 0.3) is 10.9 Å². The molecule has 0 bridgehead atoms. The summed E-state index contributed by atoms with van der Waals surface area (Å²) in [4.78, 5) is 4.55. The smallest absolute Gasteiger partial charge is 0.0702 e. The first-order valence-corrected chi connectivity index (χ1v) is 7.34. The van der Waals surface area contributed by atoms with E-state index in [0.29, 0.717) is 0 Å². The number of benzene rings is 2. The monoisotopic (exact) mass is 296 g/mol. The van der Waals surface area contributed by atoms with Crippen LogP contribution in [0.3, 0.4) is 0 Å². The summed E-state index contributed by atoms with van der Waals surface area (Å²) in [5.74, 6) is 0. The Hall–Kier alpha value is -1.90. The fraction of sp³-hybridized carbons (Fsp3) is 0.167. The van der Waals surface area contributed by atoms with Gasteiger partial charge in [0.05, 0.1) is 11.6 Å². The van der Waals surface area contributed by atoms with Crippen molar-refractivity contribution in [1.29, 1.82) is 0 Å². The van der Waals surface area contributed by atoms with Gasteiger partial charge in [-0.1, -0.05) is 35.9 Å². The molecule has 3 rings (SSSR count). The van der Waals surface area contributed by atoms with Crippen LogP contribution in [-0.2, 0) is 0 Å². The predicted molar refractivity (Wildman–Crippen MR) is 88.8 cm³/mol. The van der Waals surface area contributed by atoms with E-state index < -0.39 is 0 Å². The minimum absolute atomic E-state index is 0.0829. The number of hydrogen-bond acceptors (Lipinski definition) is 2. The first-order valence-electron chi connectivity index (χ1n) is 6.96. The summed E-state index contributed by atoms with van der Waals surface area (Å²) in [6.07, 6.45) is 1.93. The molecule has 1 aromatic heterocycles. The molecule has 0 aliphatic rings. The second kappa shape index (κ2) is 5.84. The van der Waals surface area contributed by atoms with E-state index in [4.69, 9.17) is 11.6 Å². The van der Waals surface area contributed by atoms with Gasteiger partial charge in [-0.05, 0) is 54.9 Å². The number of hydrogen-bond donors (Lipinski definition) is 1. The fourth-order valence-corrected chi connectivity index (χ4v) is 3.00. The van der Waals surface area contributed by atoms with Crippen LogP contribution in [0.15, 0.2) is 54.7 Å². The standard InChI is InChI=1S/C18H17ClN2/c1-12-7-14(10-16(19)8-12)18(20-2)15-9-13-5-3-4-6-17(13)21-11-15/h3-11,18,20H,1-2H3. The van der Waals surface area contributed by atoms with E-state index in [1.807, 2.05) is 43.6 Å². The van der Waals surface area contributed by atoms with Crippen molar-refractivity contribution < 1.29 is 0 Å². The lowest BCUT2D eigenvalue weighted by atomic mass is 9.97. The summed E-state index contributed by atoms with van der Waals surface area (Å²) < 4.78 is 0. The number of aromatic nitrogens is 1. The molecule has 1 atom stereocenters. The van der Waals surface area contributed by atoms with Crippen molar-refractivity contribution >= 4 is 22.5 Å². The molecule has 21 heavy (non-hydrogen) atoms. The first-order chi connectivity index (χ1) is 10.2. The molecular weight excluding hydrogens is 280 g/mol. The van der Waals surface area contributed by atoms with Crippen molar-refractivity contribution in [3.63, 3.8) is 0 Å². The number of fused-ring (bicyclic) bond motifs is 1. The molecule has 0 aliphatic carbocycles. The van der Waals surface area contributed by atoms with E-state index in [1.54, 1.807) is 0 Å². The molecule has 0 radical (unpaired) electrons. The number of nitrogens with one attached hydrogen (secondary N) is 1. The van der Waals surface area contributed by atoms with Gasteiger partial charge < -0.3 is 5.32 Å². The van der Waals surface area contributed by atoms with Gasteiger partial charge in [-0.2, -0.15) is 0 Å². The van der Waals surface area contributed by atoms with Crippen molar-refractivity contribution in [2.75, 3.05) is 7.05 Å². The van der Waals surface area contributed by atoms with Gasteiger partial charge in [0.2, 0.25) is 0 Å². The van der Waals surface area contributed by atoms with Crippen LogP contribution in [0.1, 0.15) is 22.7 Å². The summed E-state index contributed by atoms with van der Waals surface area (Å²) in [6.45, 7) is 2.06. The van der Waals surface area contributed by atoms with Gasteiger partial charge >= 0.3 is 0 Å². The van der Waals surface area contributed by atoms with Crippen molar-refractivity contribution in [3.05, 3.63) is 76.4 Å². The van der Waals surface area contributed by atoms with Crippen molar-refractivity contribution in [1.82, 2.24) is 10.3 Å². The molecule has 106 valence electrons. The van der Waals surface area contributed by atoms with Crippen molar-refractivity contribution in [2.45, 2.75) is 13.0 Å². The molecule has 1 heterocycles. The summed E-state index contributed by atoms with van der Waals surface area (Å²) >= 11 is 6.19. The van der Waals surface area contributed by atoms with Crippen LogP contribution < -0.4 is 5.32 Å². The Morgan fingerprint density at radius 2 is 1.86 bits per heavy atom. The van der Waals surface area contributed by atoms with Crippen LogP contribution >= 0.6 is 11.6 Å². The van der Waals surface area contributed by atoms with Gasteiger partial charge in [0.25, 0.3) is 0 Å². The van der Waals surface area contributed by atoms with Gasteiger partial charge in [0.1, 0.15) is 0 Å². The summed E-state index contributed by atoms with van der Waals surface area (Å²) in [5.41, 5.74) is 4.46. The quantitative estimate of drug-likeness (QED) is 0.769. The topological polar surface area (TPSA) is 24.9 Å². The van der Waals surface area contributed by atoms with Gasteiger partial charge in [-0.25, -0.2) is 0 Å². The Morgan fingerprint density at radius 3 is 2.62 bits per heavy atom. The Kier molecular flexibility index (Phi) is 3.91. The predicted octanol–water partition coefficient (Wildman–Crippen LogP) is 4.51. The zero-order valence-corrected chi connectivity index (χ0v) is 12.9. The highest BCUT2D eigenvalue weighted by molar-refractivity contribution is 6.30. The minimum atomic E-state index is 0.0829. The van der Waals surface area contributed by atoms with Crippen molar-refractivity contribution in [2.24, 2.45) is 0 Å². The largest absolute Gasteiger partial charge is 0.309 e. The SMILES string of the molecule is CNC(c1cc(C)cc(Cl)c1)c1cnc2ccccc2c1. The maximum Gasteiger partial charge on any atom is 0.0702 e. The highest BCUT2D eigenvalue weighted by Gasteiger charge is 2.14. The molecule has 0 spiro atoms. The van der Waals surface area contributed by atoms with E-state index in [2.05, 4.69) is 35.4 Å². The molecule has 2 aromatic carbocycles. The molecule has 0 aliphatic heterocycles. The maximum atomic E-state index is 6.19. The average molecular weight is 297 g/mol. The first kappa shape index (κ1) is 14.1. The molecule has 1 N–H and O–H groups in total. The second-order valence-electron chi connectivity index (χ2n) is 5.24. The third kappa shape index (κ3) is 2.92. The third-order valence-corrected chi connectivity index (χ3v) is 3.85. The number of para-hydroxylation sites is 1. The molecule has 0 amide bonds. The second-order valence-corrected chi connectivity index (χ2v) is 5.68. The zero-order chi connectivity index (χ0) is 14.8. The molecule has 0 saturated carbocycles. The van der Waals surface area contributed by atoms with E-state index in [9.17, 15) is 0 Å². The van der Waals surface area contributed by atoms with Crippen molar-refractivity contribution in [3.8, 4) is 0 Å². The number of aryl methyl sites for hydroxylation is 1. The van der Waals surface area contributed by atoms with Crippen LogP contribution in [-0.4, -0.2) is 12.0 Å². The molecule has 0 fully saturated rings. The molecule has 1 unspecified atom stereocenters. The van der Waals surface area contributed by atoms with E-state index in [1.165, 1.54) is 0 Å². The lowest BCUT2D eigenvalue weighted by molar-refractivity contribution is 0.689. The summed E-state index contributed by atoms with van der Waals surface area (Å²) in [7, 11) is 1.95. The van der Waals surface area contributed by atoms with Crippen LogP contribution in [0.5, 0.6) is 0 Å². The molecule has 3 aromatic rings. The average Bonchev–Trinajstić information content (AvgIpc) is 2.47. The Morgan fingerprint density at radius 1 is 1.05 bits per heavy atom. The number of halogens is 1. The van der Waals surface area contributed by atoms with Crippen LogP contribution in [0.2, 0.25) is 5.02 Å². The molecule has 3 heteroatoms. The van der Waals surface area contributed by atoms with E-state index in [-0.39, 0.29) is 6.04 Å². The highest BCUT2D eigenvalue weighted by atomic mass is 35.5.